The molecular formula is C32H35NO2. The quantitative estimate of drug-likeness (QED) is 0.525. The smallest absolute Gasteiger partial charge is 0.155 e. The maximum Gasteiger partial charge on any atom is 0.155 e. The average Bonchev–Trinajstić information content (AvgIpc) is 3.18. The van der Waals surface area contributed by atoms with Crippen molar-refractivity contribution in [2.75, 3.05) is 0 Å². The fraction of sp³-hybridized carbons (Fsp3) is 0.500. The molecule has 0 spiro atoms. The number of hydrogen-bond donors (Lipinski definition) is 1. The number of rotatable bonds is 2. The van der Waals surface area contributed by atoms with E-state index in [1.807, 2.05) is 42.6 Å². The second kappa shape index (κ2) is 8.75. The van der Waals surface area contributed by atoms with Crippen molar-refractivity contribution in [3.8, 4) is 23.1 Å². The van der Waals surface area contributed by atoms with E-state index < -0.39 is 5.60 Å². The van der Waals surface area contributed by atoms with Gasteiger partial charge < -0.3 is 5.11 Å². The highest BCUT2D eigenvalue weighted by atomic mass is 16.3. The zero-order chi connectivity index (χ0) is 24.0. The van der Waals surface area contributed by atoms with Crippen molar-refractivity contribution in [3.63, 3.8) is 0 Å². The highest BCUT2D eigenvalue weighted by molar-refractivity contribution is 5.91. The van der Waals surface area contributed by atoms with Gasteiger partial charge in [0.2, 0.25) is 0 Å². The topological polar surface area (TPSA) is 50.2 Å². The van der Waals surface area contributed by atoms with Crippen molar-refractivity contribution in [3.05, 3.63) is 65.9 Å². The molecule has 0 saturated heterocycles. The minimum absolute atomic E-state index is 0.152. The Bertz CT molecular complexity index is 1220. The predicted octanol–water partition coefficient (Wildman–Crippen LogP) is 6.36. The number of nitrogens with zero attached hydrogens (tertiary/aromatic N) is 1. The molecule has 1 aromatic heterocycles. The molecule has 4 unspecified atom stereocenters. The number of fused-ring (bicyclic) bond motifs is 4. The van der Waals surface area contributed by atoms with Crippen LogP contribution in [-0.2, 0) is 4.79 Å². The standard InChI is InChI=1S/C32H35NO2/c1-2-31-21-29-24(8-9-25-20-27(34)10-11-28(25)29)19-26(31)13-16-32(31,35)15-12-22-14-17-33-30(18-22)23-6-4-3-5-7-23/h3-7,14,17-18,20,24,26,28-29,35H,2,8-11,13,16,19,21H2,1H3/t24?,26?,28?,29?,31-,32-/m0/s1. The summed E-state index contributed by atoms with van der Waals surface area (Å²) in [6, 6.07) is 14.1. The van der Waals surface area contributed by atoms with Crippen LogP contribution < -0.4 is 0 Å². The Morgan fingerprint density at radius 1 is 1.11 bits per heavy atom. The van der Waals surface area contributed by atoms with Crippen LogP contribution in [-0.4, -0.2) is 21.5 Å². The van der Waals surface area contributed by atoms with Gasteiger partial charge in [-0.05, 0) is 93.2 Å². The zero-order valence-electron chi connectivity index (χ0n) is 20.7. The molecule has 0 amide bonds. The van der Waals surface area contributed by atoms with Crippen LogP contribution in [0.3, 0.4) is 0 Å². The SMILES string of the molecule is CC[C@]12CC3C(CCC4=CC(=O)CCC43)CC1CC[C@@]2(O)C#Cc1ccnc(-c2ccccc2)c1. The third kappa shape index (κ3) is 3.78. The highest BCUT2D eigenvalue weighted by Crippen LogP contribution is 2.65. The predicted molar refractivity (Wildman–Crippen MR) is 138 cm³/mol. The van der Waals surface area contributed by atoms with Gasteiger partial charge in [-0.25, -0.2) is 0 Å². The summed E-state index contributed by atoms with van der Waals surface area (Å²) in [5.41, 5.74) is 3.17. The first-order valence-corrected chi connectivity index (χ1v) is 13.5. The Balaban J connectivity index is 1.31. The molecule has 1 N–H and O–H groups in total. The lowest BCUT2D eigenvalue weighted by Gasteiger charge is -2.55. The molecule has 3 fully saturated rings. The van der Waals surface area contributed by atoms with E-state index in [0.717, 1.165) is 61.3 Å². The van der Waals surface area contributed by atoms with Crippen molar-refractivity contribution in [2.24, 2.45) is 29.1 Å². The third-order valence-electron chi connectivity index (χ3n) is 9.97. The second-order valence-electron chi connectivity index (χ2n) is 11.4. The molecule has 35 heavy (non-hydrogen) atoms. The van der Waals surface area contributed by atoms with Crippen LogP contribution in [0.5, 0.6) is 0 Å². The summed E-state index contributed by atoms with van der Waals surface area (Å²) in [4.78, 5) is 16.6. The van der Waals surface area contributed by atoms with Crippen molar-refractivity contribution in [1.29, 1.82) is 0 Å². The minimum atomic E-state index is -0.959. The Labute approximate surface area is 209 Å². The van der Waals surface area contributed by atoms with Gasteiger partial charge in [0, 0.05) is 29.2 Å². The maximum atomic E-state index is 12.2. The summed E-state index contributed by atoms with van der Waals surface area (Å²) in [5, 5.41) is 12.2. The van der Waals surface area contributed by atoms with Crippen molar-refractivity contribution < 1.29 is 9.90 Å². The van der Waals surface area contributed by atoms with Crippen molar-refractivity contribution >= 4 is 5.78 Å². The number of hydrogen-bond acceptors (Lipinski definition) is 3. The molecule has 0 radical (unpaired) electrons. The largest absolute Gasteiger partial charge is 0.377 e. The molecule has 4 aliphatic carbocycles. The van der Waals surface area contributed by atoms with Crippen LogP contribution >= 0.6 is 0 Å². The van der Waals surface area contributed by atoms with Crippen molar-refractivity contribution in [1.82, 2.24) is 4.98 Å². The summed E-state index contributed by atoms with van der Waals surface area (Å²) in [6.07, 6.45) is 12.8. The van der Waals surface area contributed by atoms with E-state index in [-0.39, 0.29) is 5.41 Å². The van der Waals surface area contributed by atoms with Crippen LogP contribution in [0.25, 0.3) is 11.3 Å². The Hall–Kier alpha value is -2.70. The summed E-state index contributed by atoms with van der Waals surface area (Å²) in [7, 11) is 0. The van der Waals surface area contributed by atoms with Crippen LogP contribution in [0, 0.1) is 40.9 Å². The number of aromatic nitrogens is 1. The first-order chi connectivity index (χ1) is 17.0. The van der Waals surface area contributed by atoms with Crippen LogP contribution in [0.15, 0.2) is 60.3 Å². The van der Waals surface area contributed by atoms with E-state index in [9.17, 15) is 9.90 Å². The lowest BCUT2D eigenvalue weighted by Crippen LogP contribution is -2.53. The molecule has 3 heteroatoms. The van der Waals surface area contributed by atoms with Gasteiger partial charge in [-0.3, -0.25) is 9.78 Å². The summed E-state index contributed by atoms with van der Waals surface area (Å²) in [6.45, 7) is 2.26. The average molecular weight is 466 g/mol. The molecule has 3 saturated carbocycles. The number of allylic oxidation sites excluding steroid dienone is 2. The van der Waals surface area contributed by atoms with E-state index in [1.165, 1.54) is 18.4 Å². The minimum Gasteiger partial charge on any atom is -0.377 e. The second-order valence-corrected chi connectivity index (χ2v) is 11.4. The fourth-order valence-electron chi connectivity index (χ4n) is 8.19. The monoisotopic (exact) mass is 465 g/mol. The number of ketones is 1. The first-order valence-electron chi connectivity index (χ1n) is 13.5. The van der Waals surface area contributed by atoms with Gasteiger partial charge in [-0.15, -0.1) is 0 Å². The lowest BCUT2D eigenvalue weighted by molar-refractivity contribution is -0.117. The van der Waals surface area contributed by atoms with Gasteiger partial charge in [0.15, 0.2) is 5.78 Å². The number of carbonyl (C=O) groups is 1. The van der Waals surface area contributed by atoms with Crippen LogP contribution in [0.2, 0.25) is 0 Å². The fourth-order valence-corrected chi connectivity index (χ4v) is 8.19. The normalized spacial score (nSPS) is 35.7. The van der Waals surface area contributed by atoms with Gasteiger partial charge in [0.1, 0.15) is 5.60 Å². The molecule has 180 valence electrons. The van der Waals surface area contributed by atoms with E-state index >= 15 is 0 Å². The third-order valence-corrected chi connectivity index (χ3v) is 9.97. The Morgan fingerprint density at radius 3 is 2.80 bits per heavy atom. The number of pyridine rings is 1. The van der Waals surface area contributed by atoms with E-state index in [4.69, 9.17) is 0 Å². The molecule has 6 rings (SSSR count). The maximum absolute atomic E-state index is 12.2. The van der Waals surface area contributed by atoms with Gasteiger partial charge in [0.05, 0.1) is 5.69 Å². The molecule has 6 atom stereocenters. The van der Waals surface area contributed by atoms with Gasteiger partial charge in [-0.1, -0.05) is 54.7 Å². The number of carbonyl (C=O) groups excluding carboxylic acids is 1. The van der Waals surface area contributed by atoms with E-state index in [2.05, 4.69) is 35.9 Å². The van der Waals surface area contributed by atoms with Crippen LogP contribution in [0.1, 0.15) is 70.3 Å². The molecule has 1 aromatic carbocycles. The lowest BCUT2D eigenvalue weighted by atomic mass is 9.50. The van der Waals surface area contributed by atoms with Gasteiger partial charge in [0.25, 0.3) is 0 Å². The molecule has 4 aliphatic rings. The van der Waals surface area contributed by atoms with E-state index in [0.29, 0.717) is 30.0 Å². The number of benzene rings is 1. The molecular weight excluding hydrogens is 430 g/mol. The van der Waals surface area contributed by atoms with Crippen LogP contribution in [0.4, 0.5) is 0 Å². The van der Waals surface area contributed by atoms with Gasteiger partial charge >= 0.3 is 0 Å². The summed E-state index contributed by atoms with van der Waals surface area (Å²) < 4.78 is 0. The number of aliphatic hydroxyl groups is 1. The highest BCUT2D eigenvalue weighted by Gasteiger charge is 2.62. The molecule has 1 heterocycles. The summed E-state index contributed by atoms with van der Waals surface area (Å²) >= 11 is 0. The first kappa shape index (κ1) is 22.7. The summed E-state index contributed by atoms with van der Waals surface area (Å²) in [5.74, 6) is 9.49. The molecule has 3 nitrogen and oxygen atoms in total. The molecule has 0 bridgehead atoms. The van der Waals surface area contributed by atoms with E-state index in [1.54, 1.807) is 0 Å². The van der Waals surface area contributed by atoms with Gasteiger partial charge in [-0.2, -0.15) is 0 Å². The van der Waals surface area contributed by atoms with Crippen molar-refractivity contribution in [2.45, 2.75) is 70.3 Å². The molecule has 0 aliphatic heterocycles. The molecule has 2 aromatic rings. The Kier molecular flexibility index (Phi) is 5.69. The zero-order valence-corrected chi connectivity index (χ0v) is 20.7. The Morgan fingerprint density at radius 2 is 1.97 bits per heavy atom.